The van der Waals surface area contributed by atoms with Gasteiger partial charge in [-0.3, -0.25) is 14.7 Å². The van der Waals surface area contributed by atoms with E-state index in [4.69, 9.17) is 10.7 Å². The predicted molar refractivity (Wildman–Crippen MR) is 174 cm³/mol. The van der Waals surface area contributed by atoms with Crippen LogP contribution in [-0.4, -0.2) is 80.5 Å². The van der Waals surface area contributed by atoms with Crippen LogP contribution in [0.4, 0.5) is 14.6 Å². The van der Waals surface area contributed by atoms with E-state index in [0.717, 1.165) is 5.56 Å². The zero-order chi connectivity index (χ0) is 32.7. The maximum absolute atomic E-state index is 16.4. The van der Waals surface area contributed by atoms with Gasteiger partial charge in [0, 0.05) is 63.6 Å². The molecule has 2 aliphatic heterocycles. The normalized spacial score (nSPS) is 17.1. The van der Waals surface area contributed by atoms with Crippen LogP contribution in [0, 0.1) is 11.6 Å². The molecular weight excluding hydrogens is 590 g/mol. The summed E-state index contributed by atoms with van der Waals surface area (Å²) in [5.41, 5.74) is 8.02. The van der Waals surface area contributed by atoms with Crippen molar-refractivity contribution in [2.45, 2.75) is 45.7 Å². The van der Waals surface area contributed by atoms with E-state index >= 15 is 8.78 Å². The van der Waals surface area contributed by atoms with E-state index < -0.39 is 17.3 Å². The second kappa shape index (κ2) is 12.7. The van der Waals surface area contributed by atoms with Crippen molar-refractivity contribution < 1.29 is 13.6 Å². The Bertz CT molecular complexity index is 1890. The molecule has 2 bridgehead atoms. The van der Waals surface area contributed by atoms with Gasteiger partial charge >= 0.3 is 5.69 Å². The van der Waals surface area contributed by atoms with Gasteiger partial charge in [0.25, 0.3) is 0 Å². The fourth-order valence-electron chi connectivity index (χ4n) is 6.64. The molecular formula is C34H38F2N8O2. The predicted octanol–water partition coefficient (Wildman–Crippen LogP) is 3.78. The van der Waals surface area contributed by atoms with Gasteiger partial charge in [-0.2, -0.15) is 4.98 Å². The third-order valence-electron chi connectivity index (χ3n) is 8.87. The number of hydrogen-bond acceptors (Lipinski definition) is 8. The minimum atomic E-state index is -0.738. The summed E-state index contributed by atoms with van der Waals surface area (Å²) in [6, 6.07) is 7.60. The third-order valence-corrected chi connectivity index (χ3v) is 8.87. The largest absolute Gasteiger partial charge is 0.355 e. The molecule has 10 nitrogen and oxygen atoms in total. The zero-order valence-corrected chi connectivity index (χ0v) is 26.3. The average molecular weight is 629 g/mol. The van der Waals surface area contributed by atoms with Crippen molar-refractivity contribution in [3.8, 4) is 16.9 Å². The van der Waals surface area contributed by atoms with Crippen LogP contribution >= 0.6 is 0 Å². The van der Waals surface area contributed by atoms with E-state index in [-0.39, 0.29) is 40.6 Å². The Morgan fingerprint density at radius 3 is 2.65 bits per heavy atom. The first-order valence-corrected chi connectivity index (χ1v) is 15.6. The molecule has 2 aliphatic rings. The Balaban J connectivity index is 1.68. The molecule has 1 fully saturated rings. The number of aromatic nitrogens is 4. The van der Waals surface area contributed by atoms with Crippen LogP contribution in [0.25, 0.3) is 28.0 Å². The summed E-state index contributed by atoms with van der Waals surface area (Å²) < 4.78 is 33.5. The fourth-order valence-corrected chi connectivity index (χ4v) is 6.64. The minimum Gasteiger partial charge on any atom is -0.350 e. The standard InChI is InChI=1S/C34H38F2N8O2/c1-5-27(45)42-15-16-43(21(4)18-42)32-24-17-26(36)30-28-23(7-6-8-25(28)35)19-41(14-11-37)13-10-22-9-12-38-29(20(2)3)31(22)44(33(24)39-30)34(46)40-32/h5-9,12,17,20-21H,1,10-11,13-16,18-19,37H2,2-4H3/t21-/m0/s1. The van der Waals surface area contributed by atoms with Gasteiger partial charge in [0.15, 0.2) is 5.65 Å². The fraction of sp³-hybridized carbons (Fsp3) is 0.382. The van der Waals surface area contributed by atoms with E-state index in [1.54, 1.807) is 23.2 Å². The maximum atomic E-state index is 16.4. The number of carbonyl (C=O) groups is 1. The number of nitrogens with two attached hydrogens (primary N) is 1. The van der Waals surface area contributed by atoms with Crippen LogP contribution in [0.5, 0.6) is 0 Å². The summed E-state index contributed by atoms with van der Waals surface area (Å²) in [4.78, 5) is 46.3. The molecule has 1 amide bonds. The molecule has 3 aromatic heterocycles. The van der Waals surface area contributed by atoms with Crippen LogP contribution in [0.3, 0.4) is 0 Å². The Hall–Kier alpha value is -4.55. The highest BCUT2D eigenvalue weighted by atomic mass is 19.1. The molecule has 4 aromatic rings. The molecule has 0 saturated carbocycles. The maximum Gasteiger partial charge on any atom is 0.355 e. The van der Waals surface area contributed by atoms with Crippen molar-refractivity contribution >= 4 is 22.8 Å². The van der Waals surface area contributed by atoms with Gasteiger partial charge < -0.3 is 15.5 Å². The summed E-state index contributed by atoms with van der Waals surface area (Å²) >= 11 is 0. The zero-order valence-electron chi connectivity index (χ0n) is 26.3. The number of anilines is 1. The lowest BCUT2D eigenvalue weighted by atomic mass is 9.99. The number of nitrogens with zero attached hydrogens (tertiary/aromatic N) is 7. The number of halogens is 2. The number of fused-ring (bicyclic) bond motifs is 5. The minimum absolute atomic E-state index is 0.0438. The van der Waals surface area contributed by atoms with E-state index in [1.807, 2.05) is 31.7 Å². The summed E-state index contributed by atoms with van der Waals surface area (Å²) in [5, 5.41) is 0.306. The second-order valence-corrected chi connectivity index (χ2v) is 12.2. The highest BCUT2D eigenvalue weighted by molar-refractivity contribution is 5.91. The Morgan fingerprint density at radius 1 is 1.13 bits per heavy atom. The molecule has 240 valence electrons. The molecule has 0 radical (unpaired) electrons. The monoisotopic (exact) mass is 628 g/mol. The lowest BCUT2D eigenvalue weighted by Gasteiger charge is -2.40. The Kier molecular flexibility index (Phi) is 8.67. The van der Waals surface area contributed by atoms with Crippen molar-refractivity contribution in [2.24, 2.45) is 5.73 Å². The van der Waals surface area contributed by atoms with Gasteiger partial charge in [-0.25, -0.2) is 23.1 Å². The second-order valence-electron chi connectivity index (χ2n) is 12.2. The summed E-state index contributed by atoms with van der Waals surface area (Å²) in [6.07, 6.45) is 3.55. The van der Waals surface area contributed by atoms with Crippen LogP contribution in [0.15, 0.2) is 54.0 Å². The molecule has 0 unspecified atom stereocenters. The number of piperazine rings is 1. The highest BCUT2D eigenvalue weighted by Crippen LogP contribution is 2.36. The van der Waals surface area contributed by atoms with Crippen molar-refractivity contribution in [3.63, 3.8) is 0 Å². The quantitative estimate of drug-likeness (QED) is 0.333. The van der Waals surface area contributed by atoms with Crippen molar-refractivity contribution in [2.75, 3.05) is 44.2 Å². The summed E-state index contributed by atoms with van der Waals surface area (Å²) in [6.45, 7) is 12.4. The SMILES string of the molecule is C=CC(=O)N1CCN(c2nc(=O)n3c4nc(c(F)cc24)-c2c(F)cccc2CN(CCN)CCc2ccnc(C(C)C)c2-3)[C@@H](C)C1. The summed E-state index contributed by atoms with van der Waals surface area (Å²) in [7, 11) is 0. The molecule has 46 heavy (non-hydrogen) atoms. The number of amides is 1. The Labute approximate surface area is 266 Å². The number of carbonyl (C=O) groups excluding carboxylic acids is 1. The van der Waals surface area contributed by atoms with Crippen molar-refractivity contribution in [1.29, 1.82) is 0 Å². The number of rotatable bonds is 5. The number of benzene rings is 1. The molecule has 1 saturated heterocycles. The van der Waals surface area contributed by atoms with E-state index in [9.17, 15) is 9.59 Å². The molecule has 0 spiro atoms. The van der Waals surface area contributed by atoms with Crippen LogP contribution in [-0.2, 0) is 17.8 Å². The van der Waals surface area contributed by atoms with Crippen LogP contribution < -0.4 is 16.3 Å². The van der Waals surface area contributed by atoms with Gasteiger partial charge in [-0.05, 0) is 54.7 Å². The molecule has 5 heterocycles. The third kappa shape index (κ3) is 5.56. The van der Waals surface area contributed by atoms with Gasteiger partial charge in [0.1, 0.15) is 23.1 Å². The molecule has 6 rings (SSSR count). The van der Waals surface area contributed by atoms with Gasteiger partial charge in [-0.15, -0.1) is 0 Å². The van der Waals surface area contributed by atoms with Gasteiger partial charge in [0.05, 0.1) is 16.8 Å². The number of hydrogen-bond donors (Lipinski definition) is 1. The Morgan fingerprint density at radius 2 is 1.93 bits per heavy atom. The first kappa shape index (κ1) is 31.4. The highest BCUT2D eigenvalue weighted by Gasteiger charge is 2.31. The molecule has 1 aromatic carbocycles. The van der Waals surface area contributed by atoms with Gasteiger partial charge in [0.2, 0.25) is 5.91 Å². The van der Waals surface area contributed by atoms with E-state index in [1.165, 1.54) is 22.8 Å². The molecule has 12 heteroatoms. The van der Waals surface area contributed by atoms with Crippen LogP contribution in [0.1, 0.15) is 43.5 Å². The first-order chi connectivity index (χ1) is 22.1. The smallest absolute Gasteiger partial charge is 0.350 e. The summed E-state index contributed by atoms with van der Waals surface area (Å²) in [5.74, 6) is -1.34. The van der Waals surface area contributed by atoms with Crippen LogP contribution in [0.2, 0.25) is 0 Å². The lowest BCUT2D eigenvalue weighted by Crippen LogP contribution is -2.54. The average Bonchev–Trinajstić information content (AvgIpc) is 3.03. The van der Waals surface area contributed by atoms with Crippen molar-refractivity contribution in [1.82, 2.24) is 29.3 Å². The first-order valence-electron chi connectivity index (χ1n) is 15.6. The van der Waals surface area contributed by atoms with E-state index in [2.05, 4.69) is 21.4 Å². The van der Waals surface area contributed by atoms with E-state index in [0.29, 0.717) is 74.6 Å². The van der Waals surface area contributed by atoms with Gasteiger partial charge in [-0.1, -0.05) is 32.6 Å². The number of pyridine rings is 2. The topological polar surface area (TPSA) is 113 Å². The molecule has 0 aliphatic carbocycles. The molecule has 1 atom stereocenters. The lowest BCUT2D eigenvalue weighted by molar-refractivity contribution is -0.126. The molecule has 2 N–H and O–H groups in total. The van der Waals surface area contributed by atoms with Crippen molar-refractivity contribution in [3.05, 3.63) is 88.1 Å².